The van der Waals surface area contributed by atoms with Crippen molar-refractivity contribution in [3.8, 4) is 5.75 Å². The predicted molar refractivity (Wildman–Crippen MR) is 158 cm³/mol. The SMILES string of the molecule is CCCC1=C(C(=O)OCC)C(c2c(OC)ccc3ccccc23)n2c(s/c(=C/c3ccc(SC)cc3)c2=O)=N1. The Morgan fingerprint density at radius 2 is 1.87 bits per heavy atom. The molecule has 1 aliphatic heterocycles. The lowest BCUT2D eigenvalue weighted by atomic mass is 9.90. The smallest absolute Gasteiger partial charge is 0.338 e. The van der Waals surface area contributed by atoms with Crippen molar-refractivity contribution in [2.24, 2.45) is 4.99 Å². The van der Waals surface area contributed by atoms with Crippen molar-refractivity contribution in [1.82, 2.24) is 4.57 Å². The first kappa shape index (κ1) is 27.0. The van der Waals surface area contributed by atoms with Gasteiger partial charge in [0.1, 0.15) is 11.8 Å². The molecule has 1 atom stereocenters. The fourth-order valence-corrected chi connectivity index (χ4v) is 6.41. The second-order valence-electron chi connectivity index (χ2n) is 9.09. The Morgan fingerprint density at radius 3 is 2.56 bits per heavy atom. The van der Waals surface area contributed by atoms with Gasteiger partial charge in [0.25, 0.3) is 5.56 Å². The fraction of sp³-hybridized carbons (Fsp3) is 0.258. The van der Waals surface area contributed by atoms with Gasteiger partial charge in [0.05, 0.1) is 29.5 Å². The van der Waals surface area contributed by atoms with Crippen molar-refractivity contribution in [2.75, 3.05) is 20.0 Å². The van der Waals surface area contributed by atoms with Gasteiger partial charge in [0.2, 0.25) is 0 Å². The minimum absolute atomic E-state index is 0.204. The summed E-state index contributed by atoms with van der Waals surface area (Å²) in [6.07, 6.45) is 5.29. The molecule has 0 amide bonds. The summed E-state index contributed by atoms with van der Waals surface area (Å²) in [5.74, 6) is 0.132. The standard InChI is InChI=1S/C31H30N2O4S2/c1-5-9-23-27(30(35)37-6-2)28(26-22-11-8-7-10-20(22)14-17-24(26)36-3)33-29(34)25(39-31(33)32-23)18-19-12-15-21(38-4)16-13-19/h7-8,10-18,28H,5-6,9H2,1-4H3/b25-18+. The minimum Gasteiger partial charge on any atom is -0.496 e. The van der Waals surface area contributed by atoms with E-state index in [1.165, 1.54) is 11.3 Å². The van der Waals surface area contributed by atoms with E-state index in [0.29, 0.717) is 32.8 Å². The summed E-state index contributed by atoms with van der Waals surface area (Å²) in [6, 6.07) is 19.1. The summed E-state index contributed by atoms with van der Waals surface area (Å²) in [7, 11) is 1.61. The van der Waals surface area contributed by atoms with Gasteiger partial charge in [-0.15, -0.1) is 11.8 Å². The van der Waals surface area contributed by atoms with E-state index in [-0.39, 0.29) is 12.2 Å². The van der Waals surface area contributed by atoms with E-state index < -0.39 is 12.0 Å². The van der Waals surface area contributed by atoms with Crippen LogP contribution in [0.2, 0.25) is 0 Å². The number of aromatic nitrogens is 1. The Kier molecular flexibility index (Phi) is 8.04. The average Bonchev–Trinajstić information content (AvgIpc) is 3.26. The van der Waals surface area contributed by atoms with Gasteiger partial charge in [0, 0.05) is 10.5 Å². The van der Waals surface area contributed by atoms with Crippen LogP contribution in [0.3, 0.4) is 0 Å². The second-order valence-corrected chi connectivity index (χ2v) is 11.0. The first-order valence-corrected chi connectivity index (χ1v) is 15.0. The maximum atomic E-state index is 14.1. The van der Waals surface area contributed by atoms with Gasteiger partial charge in [-0.05, 0) is 60.2 Å². The number of thioether (sulfide) groups is 1. The Hall–Kier alpha value is -3.62. The van der Waals surface area contributed by atoms with Crippen molar-refractivity contribution < 1.29 is 14.3 Å². The van der Waals surface area contributed by atoms with E-state index in [9.17, 15) is 9.59 Å². The molecule has 0 saturated carbocycles. The highest BCUT2D eigenvalue weighted by Crippen LogP contribution is 2.41. The van der Waals surface area contributed by atoms with Crippen molar-refractivity contribution in [1.29, 1.82) is 0 Å². The van der Waals surface area contributed by atoms with Gasteiger partial charge in [-0.2, -0.15) is 0 Å². The molecule has 1 aliphatic rings. The van der Waals surface area contributed by atoms with Gasteiger partial charge < -0.3 is 9.47 Å². The number of nitrogens with zero attached hydrogens (tertiary/aromatic N) is 2. The molecule has 0 aliphatic carbocycles. The van der Waals surface area contributed by atoms with Crippen LogP contribution in [0.1, 0.15) is 43.9 Å². The highest BCUT2D eigenvalue weighted by atomic mass is 32.2. The lowest BCUT2D eigenvalue weighted by Gasteiger charge is -2.28. The van der Waals surface area contributed by atoms with Crippen LogP contribution in [0.5, 0.6) is 5.75 Å². The maximum absolute atomic E-state index is 14.1. The summed E-state index contributed by atoms with van der Waals surface area (Å²) in [5, 5.41) is 1.89. The van der Waals surface area contributed by atoms with Crippen molar-refractivity contribution in [3.05, 3.63) is 103 Å². The zero-order valence-electron chi connectivity index (χ0n) is 22.4. The molecule has 200 valence electrons. The molecule has 0 N–H and O–H groups in total. The monoisotopic (exact) mass is 558 g/mol. The number of esters is 1. The fourth-order valence-electron chi connectivity index (χ4n) is 4.98. The first-order chi connectivity index (χ1) is 19.0. The van der Waals surface area contributed by atoms with E-state index >= 15 is 0 Å². The molecule has 5 rings (SSSR count). The summed E-state index contributed by atoms with van der Waals surface area (Å²) in [6.45, 7) is 4.05. The summed E-state index contributed by atoms with van der Waals surface area (Å²) < 4.78 is 13.6. The minimum atomic E-state index is -0.746. The summed E-state index contributed by atoms with van der Waals surface area (Å²) >= 11 is 3.01. The van der Waals surface area contributed by atoms with Crippen molar-refractivity contribution in [2.45, 2.75) is 37.6 Å². The van der Waals surface area contributed by atoms with Crippen LogP contribution in [0.25, 0.3) is 16.8 Å². The molecular weight excluding hydrogens is 528 g/mol. The number of hydrogen-bond acceptors (Lipinski definition) is 7. The average molecular weight is 559 g/mol. The number of fused-ring (bicyclic) bond motifs is 2. The van der Waals surface area contributed by atoms with Crippen LogP contribution in [0, 0.1) is 0 Å². The normalized spacial score (nSPS) is 15.3. The van der Waals surface area contributed by atoms with E-state index in [4.69, 9.17) is 14.5 Å². The molecule has 2 heterocycles. The number of carbonyl (C=O) groups excluding carboxylic acids is 1. The number of rotatable bonds is 8. The Morgan fingerprint density at radius 1 is 1.10 bits per heavy atom. The number of allylic oxidation sites excluding steroid dienone is 1. The first-order valence-electron chi connectivity index (χ1n) is 12.9. The molecule has 0 spiro atoms. The Balaban J connectivity index is 1.85. The molecule has 8 heteroatoms. The molecule has 1 aromatic heterocycles. The Labute approximate surface area is 235 Å². The van der Waals surface area contributed by atoms with E-state index in [0.717, 1.165) is 33.2 Å². The van der Waals surface area contributed by atoms with Crippen LogP contribution in [-0.4, -0.2) is 30.5 Å². The number of ether oxygens (including phenoxy) is 2. The molecule has 0 saturated heterocycles. The highest BCUT2D eigenvalue weighted by molar-refractivity contribution is 7.98. The largest absolute Gasteiger partial charge is 0.496 e. The molecule has 6 nitrogen and oxygen atoms in total. The third-order valence-corrected chi connectivity index (χ3v) is 8.46. The Bertz CT molecular complexity index is 1750. The molecule has 0 bridgehead atoms. The van der Waals surface area contributed by atoms with Gasteiger partial charge in [-0.25, -0.2) is 9.79 Å². The van der Waals surface area contributed by atoms with Crippen LogP contribution in [-0.2, 0) is 9.53 Å². The number of thiazole rings is 1. The quantitative estimate of drug-likeness (QED) is 0.212. The third kappa shape index (κ3) is 5.06. The number of benzene rings is 3. The molecule has 3 aromatic carbocycles. The van der Waals surface area contributed by atoms with Gasteiger partial charge in [0.15, 0.2) is 4.80 Å². The van der Waals surface area contributed by atoms with Crippen LogP contribution < -0.4 is 19.6 Å². The van der Waals surface area contributed by atoms with Crippen LogP contribution >= 0.6 is 23.1 Å². The third-order valence-electron chi connectivity index (χ3n) is 6.73. The lowest BCUT2D eigenvalue weighted by molar-refractivity contribution is -0.139. The van der Waals surface area contributed by atoms with Crippen LogP contribution in [0.4, 0.5) is 0 Å². The lowest BCUT2D eigenvalue weighted by Crippen LogP contribution is -2.40. The second kappa shape index (κ2) is 11.6. The van der Waals surface area contributed by atoms with Crippen LogP contribution in [0.15, 0.2) is 86.6 Å². The number of methoxy groups -OCH3 is 1. The maximum Gasteiger partial charge on any atom is 0.338 e. The number of hydrogen-bond donors (Lipinski definition) is 0. The summed E-state index contributed by atoms with van der Waals surface area (Å²) in [5.41, 5.74) is 2.50. The van der Waals surface area contributed by atoms with Gasteiger partial charge in [-0.3, -0.25) is 9.36 Å². The molecule has 4 aromatic rings. The highest BCUT2D eigenvalue weighted by Gasteiger charge is 2.37. The molecule has 39 heavy (non-hydrogen) atoms. The van der Waals surface area contributed by atoms with E-state index in [1.807, 2.05) is 79.9 Å². The molecular formula is C31H30N2O4S2. The molecule has 0 fully saturated rings. The topological polar surface area (TPSA) is 69.9 Å². The van der Waals surface area contributed by atoms with Gasteiger partial charge >= 0.3 is 5.97 Å². The van der Waals surface area contributed by atoms with E-state index in [2.05, 4.69) is 0 Å². The van der Waals surface area contributed by atoms with E-state index in [1.54, 1.807) is 30.4 Å². The molecule has 1 unspecified atom stereocenters. The summed E-state index contributed by atoms with van der Waals surface area (Å²) in [4.78, 5) is 34.3. The number of carbonyl (C=O) groups is 1. The predicted octanol–water partition coefficient (Wildman–Crippen LogP) is 5.46. The van der Waals surface area contributed by atoms with Gasteiger partial charge in [-0.1, -0.05) is 67.1 Å². The zero-order chi connectivity index (χ0) is 27.5. The van der Waals surface area contributed by atoms with Crippen molar-refractivity contribution >= 4 is 45.9 Å². The zero-order valence-corrected chi connectivity index (χ0v) is 24.0. The van der Waals surface area contributed by atoms with Crippen molar-refractivity contribution in [3.63, 3.8) is 0 Å². The molecule has 0 radical (unpaired) electrons.